The molecule has 1 spiro atoms. The van der Waals surface area contributed by atoms with E-state index in [4.69, 9.17) is 14.2 Å². The van der Waals surface area contributed by atoms with Gasteiger partial charge in [-0.15, -0.1) is 0 Å². The van der Waals surface area contributed by atoms with Gasteiger partial charge in [-0.05, 0) is 36.3 Å². The van der Waals surface area contributed by atoms with Gasteiger partial charge in [0, 0.05) is 29.1 Å². The Labute approximate surface area is 208 Å². The molecule has 5 fully saturated rings. The first-order valence-corrected chi connectivity index (χ1v) is 12.7. The number of hydrogen-bond donors (Lipinski definition) is 3. The van der Waals surface area contributed by atoms with Crippen molar-refractivity contribution < 1.29 is 43.9 Å². The Hall–Kier alpha value is -2.33. The van der Waals surface area contributed by atoms with Crippen LogP contribution in [0.3, 0.4) is 0 Å². The van der Waals surface area contributed by atoms with E-state index in [0.717, 1.165) is 0 Å². The topological polar surface area (TPSA) is 140 Å². The van der Waals surface area contributed by atoms with Crippen molar-refractivity contribution in [2.75, 3.05) is 6.61 Å². The molecule has 2 saturated heterocycles. The molecule has 5 aliphatic rings. The molecule has 12 unspecified atom stereocenters. The second-order valence-electron chi connectivity index (χ2n) is 11.8. The maximum absolute atomic E-state index is 13.4. The number of aliphatic hydroxyl groups excluding tert-OH is 2. The van der Waals surface area contributed by atoms with Gasteiger partial charge in [-0.25, -0.2) is 9.59 Å². The third-order valence-electron chi connectivity index (χ3n) is 10.3. The fraction of sp³-hybridized carbons (Fsp3) is 0.667. The van der Waals surface area contributed by atoms with E-state index in [1.165, 1.54) is 0 Å². The Morgan fingerprint density at radius 3 is 2.53 bits per heavy atom. The minimum atomic E-state index is -2.06. The zero-order valence-corrected chi connectivity index (χ0v) is 20.5. The lowest BCUT2D eigenvalue weighted by molar-refractivity contribution is -0.345. The van der Waals surface area contributed by atoms with E-state index in [9.17, 15) is 29.7 Å². The third-order valence-corrected chi connectivity index (χ3v) is 10.3. The SMILES string of the molecule is CC1CC(=O)C(O)C2(C)C1CC1OC(=O)C(OC(=O)c3ccccc3)C3C(C)C(O)C4(O)OCC13C42. The van der Waals surface area contributed by atoms with Gasteiger partial charge in [-0.1, -0.05) is 39.0 Å². The van der Waals surface area contributed by atoms with Crippen molar-refractivity contribution >= 4 is 17.7 Å². The number of benzene rings is 1. The van der Waals surface area contributed by atoms with Crippen molar-refractivity contribution in [1.82, 2.24) is 0 Å². The molecule has 3 aliphatic carbocycles. The second kappa shape index (κ2) is 7.60. The summed E-state index contributed by atoms with van der Waals surface area (Å²) in [6.07, 6.45) is -4.29. The van der Waals surface area contributed by atoms with Crippen LogP contribution in [0.2, 0.25) is 0 Å². The van der Waals surface area contributed by atoms with E-state index in [0.29, 0.717) is 6.42 Å². The smallest absolute Gasteiger partial charge is 0.348 e. The quantitative estimate of drug-likeness (QED) is 0.509. The molecule has 3 N–H and O–H groups in total. The van der Waals surface area contributed by atoms with Gasteiger partial charge in [0.05, 0.1) is 12.2 Å². The number of aliphatic hydroxyl groups is 3. The molecule has 2 heterocycles. The van der Waals surface area contributed by atoms with Crippen LogP contribution in [-0.4, -0.2) is 69.9 Å². The number of carbonyl (C=O) groups is 3. The number of ether oxygens (including phenoxy) is 3. The first-order chi connectivity index (χ1) is 17.0. The summed E-state index contributed by atoms with van der Waals surface area (Å²) in [4.78, 5) is 39.3. The van der Waals surface area contributed by atoms with E-state index in [2.05, 4.69) is 0 Å². The molecule has 2 bridgehead atoms. The molecule has 0 radical (unpaired) electrons. The molecule has 36 heavy (non-hydrogen) atoms. The number of fused-ring (bicyclic) bond motifs is 1. The number of ketones is 1. The van der Waals surface area contributed by atoms with Crippen LogP contribution in [0.5, 0.6) is 0 Å². The predicted octanol–water partition coefficient (Wildman–Crippen LogP) is 1.08. The van der Waals surface area contributed by atoms with E-state index in [1.807, 2.05) is 6.92 Å². The van der Waals surface area contributed by atoms with E-state index >= 15 is 0 Å². The zero-order chi connectivity index (χ0) is 25.8. The van der Waals surface area contributed by atoms with Crippen LogP contribution in [0.1, 0.15) is 44.0 Å². The maximum Gasteiger partial charge on any atom is 0.348 e. The summed E-state index contributed by atoms with van der Waals surface area (Å²) in [5.41, 5.74) is -1.94. The maximum atomic E-state index is 13.4. The van der Waals surface area contributed by atoms with Gasteiger partial charge in [0.1, 0.15) is 18.3 Å². The number of Topliss-reactive ketones (excluding diaryl/α,β-unsaturated/α-hetero) is 1. The molecular formula is C27H32O9. The van der Waals surface area contributed by atoms with Gasteiger partial charge < -0.3 is 29.5 Å². The number of rotatable bonds is 2. The number of hydrogen-bond acceptors (Lipinski definition) is 9. The van der Waals surface area contributed by atoms with Crippen molar-refractivity contribution in [2.45, 2.75) is 63.8 Å². The van der Waals surface area contributed by atoms with E-state index < -0.39 is 70.7 Å². The largest absolute Gasteiger partial charge is 0.459 e. The molecule has 6 rings (SSSR count). The van der Waals surface area contributed by atoms with Crippen LogP contribution >= 0.6 is 0 Å². The summed E-state index contributed by atoms with van der Waals surface area (Å²) in [7, 11) is 0. The number of esters is 2. The van der Waals surface area contributed by atoms with Crippen molar-refractivity contribution in [3.8, 4) is 0 Å². The molecule has 12 atom stereocenters. The summed E-state index contributed by atoms with van der Waals surface area (Å²) in [6.45, 7) is 5.34. The molecule has 1 aromatic rings. The first-order valence-electron chi connectivity index (χ1n) is 12.7. The standard InChI is InChI=1S/C27H32O9/c1-12-9-16(28)21(30)25(3)15(12)10-17-26-11-34-27(33,24(25)26)20(29)13(2)18(26)19(23(32)35-17)36-22(31)14-7-5-4-6-8-14/h4-8,12-13,15,17-21,24,29-30,33H,9-11H2,1-3H3. The lowest BCUT2D eigenvalue weighted by Gasteiger charge is -2.68. The Bertz CT molecular complexity index is 1120. The summed E-state index contributed by atoms with van der Waals surface area (Å²) < 4.78 is 17.7. The van der Waals surface area contributed by atoms with Gasteiger partial charge in [0.25, 0.3) is 0 Å². The molecular weight excluding hydrogens is 468 g/mol. The minimum Gasteiger partial charge on any atom is -0.459 e. The Morgan fingerprint density at radius 1 is 1.14 bits per heavy atom. The van der Waals surface area contributed by atoms with E-state index in [-0.39, 0.29) is 36.2 Å². The lowest BCUT2D eigenvalue weighted by Crippen LogP contribution is -2.78. The highest BCUT2D eigenvalue weighted by atomic mass is 16.7. The highest BCUT2D eigenvalue weighted by molar-refractivity contribution is 5.92. The van der Waals surface area contributed by atoms with Gasteiger partial charge >= 0.3 is 11.9 Å². The Morgan fingerprint density at radius 2 is 1.83 bits per heavy atom. The monoisotopic (exact) mass is 500 g/mol. The molecule has 0 aromatic heterocycles. The average Bonchev–Trinajstić information content (AvgIpc) is 3.14. The van der Waals surface area contributed by atoms with Crippen molar-refractivity contribution in [1.29, 1.82) is 0 Å². The van der Waals surface area contributed by atoms with Crippen LogP contribution < -0.4 is 0 Å². The molecule has 2 aliphatic heterocycles. The highest BCUT2D eigenvalue weighted by Crippen LogP contribution is 2.74. The van der Waals surface area contributed by atoms with Crippen LogP contribution in [-0.2, 0) is 23.8 Å². The average molecular weight is 501 g/mol. The third kappa shape index (κ3) is 2.72. The molecule has 0 amide bonds. The van der Waals surface area contributed by atoms with Crippen molar-refractivity contribution in [3.63, 3.8) is 0 Å². The summed E-state index contributed by atoms with van der Waals surface area (Å²) in [5, 5.41) is 34.6. The van der Waals surface area contributed by atoms with E-state index in [1.54, 1.807) is 44.2 Å². The van der Waals surface area contributed by atoms with Gasteiger partial charge in [-0.2, -0.15) is 0 Å². The minimum absolute atomic E-state index is 0.0603. The summed E-state index contributed by atoms with van der Waals surface area (Å²) in [5.74, 6) is -6.55. The van der Waals surface area contributed by atoms with Gasteiger partial charge in [0.2, 0.25) is 6.10 Å². The number of carbonyl (C=O) groups excluding carboxylic acids is 3. The zero-order valence-electron chi connectivity index (χ0n) is 20.5. The first kappa shape index (κ1) is 24.0. The lowest BCUT2D eigenvalue weighted by atomic mass is 9.37. The molecule has 3 saturated carbocycles. The Balaban J connectivity index is 1.50. The highest BCUT2D eigenvalue weighted by Gasteiger charge is 2.83. The fourth-order valence-corrected chi connectivity index (χ4v) is 8.91. The summed E-state index contributed by atoms with van der Waals surface area (Å²) in [6, 6.07) is 8.28. The molecule has 194 valence electrons. The van der Waals surface area contributed by atoms with Crippen LogP contribution in [0.4, 0.5) is 0 Å². The van der Waals surface area contributed by atoms with Gasteiger partial charge in [0.15, 0.2) is 11.6 Å². The summed E-state index contributed by atoms with van der Waals surface area (Å²) >= 11 is 0. The van der Waals surface area contributed by atoms with Crippen LogP contribution in [0.15, 0.2) is 30.3 Å². The predicted molar refractivity (Wildman–Crippen MR) is 122 cm³/mol. The molecule has 9 heteroatoms. The molecule has 9 nitrogen and oxygen atoms in total. The second-order valence-corrected chi connectivity index (χ2v) is 11.8. The normalized spacial score (nSPS) is 51.1. The van der Waals surface area contributed by atoms with Gasteiger partial charge in [-0.3, -0.25) is 4.79 Å². The Kier molecular flexibility index (Phi) is 5.07. The fourth-order valence-electron chi connectivity index (χ4n) is 8.91. The van der Waals surface area contributed by atoms with Crippen molar-refractivity contribution in [3.05, 3.63) is 35.9 Å². The van der Waals surface area contributed by atoms with Crippen LogP contribution in [0.25, 0.3) is 0 Å². The molecule has 1 aromatic carbocycles. The van der Waals surface area contributed by atoms with Crippen LogP contribution in [0, 0.1) is 40.4 Å². The van der Waals surface area contributed by atoms with Crippen molar-refractivity contribution in [2.24, 2.45) is 40.4 Å².